The van der Waals surface area contributed by atoms with Gasteiger partial charge < -0.3 is 0 Å². The Morgan fingerprint density at radius 3 is 2.93 bits per heavy atom. The van der Waals surface area contributed by atoms with Crippen molar-refractivity contribution in [2.75, 3.05) is 0 Å². The molecular formula is C11H11BrN2. The number of aromatic amines is 1. The summed E-state index contributed by atoms with van der Waals surface area (Å²) < 4.78 is 1.08. The van der Waals surface area contributed by atoms with Gasteiger partial charge in [-0.15, -0.1) is 0 Å². The highest BCUT2D eigenvalue weighted by Crippen LogP contribution is 2.39. The SMILES string of the molecule is Brc1cccc2c(C3CCC3)[nH]nc12. The van der Waals surface area contributed by atoms with Gasteiger partial charge in [-0.1, -0.05) is 18.6 Å². The van der Waals surface area contributed by atoms with E-state index in [4.69, 9.17) is 0 Å². The largest absolute Gasteiger partial charge is 0.281 e. The Bertz CT molecular complexity index is 471. The van der Waals surface area contributed by atoms with Crippen molar-refractivity contribution in [3.05, 3.63) is 28.4 Å². The van der Waals surface area contributed by atoms with Crippen LogP contribution in [0.25, 0.3) is 10.9 Å². The fourth-order valence-corrected chi connectivity index (χ4v) is 2.49. The number of para-hydroxylation sites is 1. The van der Waals surface area contributed by atoms with Crippen LogP contribution < -0.4 is 0 Å². The van der Waals surface area contributed by atoms with E-state index in [1.165, 1.54) is 30.3 Å². The molecule has 0 saturated heterocycles. The molecule has 1 fully saturated rings. The predicted molar refractivity (Wildman–Crippen MR) is 60.4 cm³/mol. The summed E-state index contributed by atoms with van der Waals surface area (Å²) in [6, 6.07) is 6.26. The van der Waals surface area contributed by atoms with E-state index in [0.29, 0.717) is 5.92 Å². The molecule has 72 valence electrons. The van der Waals surface area contributed by atoms with Crippen LogP contribution in [0, 0.1) is 0 Å². The predicted octanol–water partition coefficient (Wildman–Crippen LogP) is 3.59. The van der Waals surface area contributed by atoms with Crippen LogP contribution in [-0.2, 0) is 0 Å². The molecule has 3 heteroatoms. The lowest BCUT2D eigenvalue weighted by molar-refractivity contribution is 0.413. The quantitative estimate of drug-likeness (QED) is 0.824. The molecule has 1 N–H and O–H groups in total. The lowest BCUT2D eigenvalue weighted by Gasteiger charge is -2.24. The molecule has 0 unspecified atom stereocenters. The summed E-state index contributed by atoms with van der Waals surface area (Å²) in [7, 11) is 0. The molecule has 2 nitrogen and oxygen atoms in total. The normalized spacial score (nSPS) is 17.2. The molecule has 14 heavy (non-hydrogen) atoms. The van der Waals surface area contributed by atoms with Gasteiger partial charge in [-0.2, -0.15) is 5.10 Å². The van der Waals surface area contributed by atoms with Gasteiger partial charge in [-0.25, -0.2) is 0 Å². The number of nitrogens with one attached hydrogen (secondary N) is 1. The van der Waals surface area contributed by atoms with Gasteiger partial charge >= 0.3 is 0 Å². The molecule has 0 radical (unpaired) electrons. The van der Waals surface area contributed by atoms with Crippen molar-refractivity contribution in [1.82, 2.24) is 10.2 Å². The van der Waals surface area contributed by atoms with Crippen molar-refractivity contribution in [3.63, 3.8) is 0 Å². The van der Waals surface area contributed by atoms with E-state index >= 15 is 0 Å². The number of fused-ring (bicyclic) bond motifs is 1. The highest BCUT2D eigenvalue weighted by atomic mass is 79.9. The molecule has 2 aromatic rings. The molecule has 0 atom stereocenters. The minimum atomic E-state index is 0.717. The average Bonchev–Trinajstić information content (AvgIpc) is 2.48. The Morgan fingerprint density at radius 1 is 1.36 bits per heavy atom. The highest BCUT2D eigenvalue weighted by molar-refractivity contribution is 9.10. The van der Waals surface area contributed by atoms with E-state index in [9.17, 15) is 0 Å². The Balaban J connectivity index is 2.20. The number of nitrogens with zero attached hydrogens (tertiary/aromatic N) is 1. The third-order valence-corrected chi connectivity index (χ3v) is 3.72. The van der Waals surface area contributed by atoms with E-state index in [1.807, 2.05) is 6.07 Å². The zero-order valence-corrected chi connectivity index (χ0v) is 9.34. The number of benzene rings is 1. The number of halogens is 1. The first kappa shape index (κ1) is 8.48. The molecule has 0 aliphatic heterocycles. The van der Waals surface area contributed by atoms with Crippen LogP contribution >= 0.6 is 15.9 Å². The fourth-order valence-electron chi connectivity index (χ4n) is 2.03. The lowest BCUT2D eigenvalue weighted by atomic mass is 9.82. The van der Waals surface area contributed by atoms with Crippen molar-refractivity contribution < 1.29 is 0 Å². The molecular weight excluding hydrogens is 240 g/mol. The van der Waals surface area contributed by atoms with Crippen molar-refractivity contribution in [2.24, 2.45) is 0 Å². The zero-order valence-electron chi connectivity index (χ0n) is 7.76. The fraction of sp³-hybridized carbons (Fsp3) is 0.364. The summed E-state index contributed by atoms with van der Waals surface area (Å²) in [5, 5.41) is 8.81. The Kier molecular flexibility index (Phi) is 1.87. The molecule has 0 bridgehead atoms. The standard InChI is InChI=1S/C11H11BrN2/c12-9-6-2-5-8-10(7-3-1-4-7)13-14-11(8)9/h2,5-7H,1,3-4H2,(H,13,14). The minimum Gasteiger partial charge on any atom is -0.281 e. The summed E-state index contributed by atoms with van der Waals surface area (Å²) in [4.78, 5) is 0. The molecule has 1 aliphatic carbocycles. The first-order chi connectivity index (χ1) is 6.86. The molecule has 1 aromatic carbocycles. The van der Waals surface area contributed by atoms with Crippen LogP contribution in [0.5, 0.6) is 0 Å². The van der Waals surface area contributed by atoms with Gasteiger partial charge in [0.25, 0.3) is 0 Å². The number of aromatic nitrogens is 2. The summed E-state index contributed by atoms with van der Waals surface area (Å²) in [6.45, 7) is 0. The van der Waals surface area contributed by atoms with E-state index in [1.54, 1.807) is 0 Å². The Morgan fingerprint density at radius 2 is 2.21 bits per heavy atom. The average molecular weight is 251 g/mol. The molecule has 1 aliphatic rings. The molecule has 3 rings (SSSR count). The molecule has 0 spiro atoms. The molecule has 1 aromatic heterocycles. The van der Waals surface area contributed by atoms with Crippen molar-refractivity contribution in [1.29, 1.82) is 0 Å². The van der Waals surface area contributed by atoms with Crippen LogP contribution in [0.4, 0.5) is 0 Å². The second-order valence-corrected chi connectivity index (χ2v) is 4.76. The van der Waals surface area contributed by atoms with Crippen molar-refractivity contribution in [2.45, 2.75) is 25.2 Å². The van der Waals surface area contributed by atoms with Gasteiger partial charge in [0.05, 0.1) is 0 Å². The van der Waals surface area contributed by atoms with Crippen LogP contribution in [-0.4, -0.2) is 10.2 Å². The second-order valence-electron chi connectivity index (χ2n) is 3.90. The number of rotatable bonds is 1. The van der Waals surface area contributed by atoms with Crippen LogP contribution in [0.15, 0.2) is 22.7 Å². The van der Waals surface area contributed by atoms with E-state index in [-0.39, 0.29) is 0 Å². The zero-order chi connectivity index (χ0) is 9.54. The first-order valence-electron chi connectivity index (χ1n) is 4.99. The Hall–Kier alpha value is -0.830. The number of hydrogen-bond acceptors (Lipinski definition) is 1. The van der Waals surface area contributed by atoms with Crippen molar-refractivity contribution in [3.8, 4) is 0 Å². The van der Waals surface area contributed by atoms with Crippen LogP contribution in [0.1, 0.15) is 30.9 Å². The van der Waals surface area contributed by atoms with E-state index in [2.05, 4.69) is 38.3 Å². The first-order valence-corrected chi connectivity index (χ1v) is 5.78. The van der Waals surface area contributed by atoms with Gasteiger partial charge in [-0.3, -0.25) is 5.10 Å². The molecule has 1 heterocycles. The number of H-pyrrole nitrogens is 1. The molecule has 1 saturated carbocycles. The van der Waals surface area contributed by atoms with Gasteiger partial charge in [0.2, 0.25) is 0 Å². The summed E-state index contributed by atoms with van der Waals surface area (Å²) in [5.74, 6) is 0.717. The second kappa shape index (κ2) is 3.09. The monoisotopic (exact) mass is 250 g/mol. The van der Waals surface area contributed by atoms with Gasteiger partial charge in [-0.05, 0) is 34.8 Å². The topological polar surface area (TPSA) is 28.7 Å². The lowest BCUT2D eigenvalue weighted by Crippen LogP contribution is -2.09. The van der Waals surface area contributed by atoms with Crippen LogP contribution in [0.3, 0.4) is 0 Å². The van der Waals surface area contributed by atoms with Crippen LogP contribution in [0.2, 0.25) is 0 Å². The van der Waals surface area contributed by atoms with Gasteiger partial charge in [0.15, 0.2) is 0 Å². The minimum absolute atomic E-state index is 0.717. The van der Waals surface area contributed by atoms with Gasteiger partial charge in [0.1, 0.15) is 5.52 Å². The third-order valence-electron chi connectivity index (χ3n) is 3.08. The number of hydrogen-bond donors (Lipinski definition) is 1. The maximum absolute atomic E-state index is 4.35. The van der Waals surface area contributed by atoms with E-state index in [0.717, 1.165) is 9.99 Å². The van der Waals surface area contributed by atoms with E-state index < -0.39 is 0 Å². The summed E-state index contributed by atoms with van der Waals surface area (Å²) in [5.41, 5.74) is 2.39. The maximum Gasteiger partial charge on any atom is 0.107 e. The highest BCUT2D eigenvalue weighted by Gasteiger charge is 2.23. The smallest absolute Gasteiger partial charge is 0.107 e. The van der Waals surface area contributed by atoms with Crippen molar-refractivity contribution >= 4 is 26.8 Å². The summed E-state index contributed by atoms with van der Waals surface area (Å²) >= 11 is 3.52. The summed E-state index contributed by atoms with van der Waals surface area (Å²) in [6.07, 6.45) is 3.98. The third kappa shape index (κ3) is 1.12. The molecule has 0 amide bonds. The maximum atomic E-state index is 4.35. The Labute approximate surface area is 90.8 Å². The van der Waals surface area contributed by atoms with Gasteiger partial charge in [0, 0.05) is 21.5 Å².